The third-order valence-corrected chi connectivity index (χ3v) is 10.4. The smallest absolute Gasteiger partial charge is 0.376 e. The minimum Gasteiger partial charge on any atom is -0.376 e. The number of benzene rings is 1. The molecule has 18 heteroatoms. The molecule has 2 aromatic rings. The Kier molecular flexibility index (Phi) is 18.0. The van der Waals surface area contributed by atoms with Crippen molar-refractivity contribution in [2.24, 2.45) is 23.5 Å². The van der Waals surface area contributed by atoms with Crippen LogP contribution < -0.4 is 16.4 Å². The average Bonchev–Trinajstić information content (AvgIpc) is 3.79. The molecule has 7 N–H and O–H groups in total. The van der Waals surface area contributed by atoms with Gasteiger partial charge in [0.25, 0.3) is 0 Å². The summed E-state index contributed by atoms with van der Waals surface area (Å²) in [5.41, 5.74) is 7.16. The highest BCUT2D eigenvalue weighted by molar-refractivity contribution is 7.46. The minimum absolute atomic E-state index is 0.0308. The fourth-order valence-corrected chi connectivity index (χ4v) is 7.33. The van der Waals surface area contributed by atoms with Crippen LogP contribution in [0.25, 0.3) is 0 Å². The number of imidazole rings is 1. The number of aromatic amines is 1. The van der Waals surface area contributed by atoms with Crippen LogP contribution in [0.5, 0.6) is 0 Å². The van der Waals surface area contributed by atoms with Gasteiger partial charge < -0.3 is 40.8 Å². The number of nitrogens with one attached hydrogen (secondary N) is 3. The number of ether oxygens (including phenoxy) is 1. The number of carbonyl (C=O) groups excluding carboxylic acids is 6. The van der Waals surface area contributed by atoms with Crippen LogP contribution >= 0.6 is 7.82 Å². The molecule has 1 aromatic carbocycles. The number of amides is 4. The summed E-state index contributed by atoms with van der Waals surface area (Å²) in [5, 5.41) is 5.44. The zero-order valence-electron chi connectivity index (χ0n) is 32.7. The van der Waals surface area contributed by atoms with Gasteiger partial charge in [-0.25, -0.2) is 9.55 Å². The van der Waals surface area contributed by atoms with Crippen molar-refractivity contribution in [1.29, 1.82) is 0 Å². The highest BCUT2D eigenvalue weighted by atomic mass is 31.2. The fraction of sp³-hybridized carbons (Fsp3) is 0.605. The molecule has 0 bridgehead atoms. The van der Waals surface area contributed by atoms with Gasteiger partial charge in [0.15, 0.2) is 11.6 Å². The van der Waals surface area contributed by atoms with Crippen LogP contribution in [-0.4, -0.2) is 103 Å². The molecule has 0 spiro atoms. The lowest BCUT2D eigenvalue weighted by molar-refractivity contribution is -0.138. The number of Topliss-reactive ketones (excluding diaryl/α,β-unsaturated/α-hetero) is 2. The van der Waals surface area contributed by atoms with Gasteiger partial charge in [0.05, 0.1) is 42.5 Å². The normalized spacial score (nSPS) is 18.5. The average molecular weight is 805 g/mol. The number of nitrogens with two attached hydrogens (primary N) is 1. The molecular weight excluding hydrogens is 747 g/mol. The number of nitrogens with zero attached hydrogens (tertiary/aromatic N) is 2. The van der Waals surface area contributed by atoms with E-state index >= 15 is 0 Å². The highest BCUT2D eigenvalue weighted by Crippen LogP contribution is 2.39. The molecule has 0 unspecified atom stereocenters. The molecule has 7 atom stereocenters. The van der Waals surface area contributed by atoms with Crippen molar-refractivity contribution in [2.75, 3.05) is 13.2 Å². The zero-order valence-corrected chi connectivity index (χ0v) is 33.6. The number of carbonyl (C=O) groups is 6. The largest absolute Gasteiger partial charge is 0.469 e. The number of likely N-dealkylation sites (tertiary alicyclic amines) is 1. The number of phosphoric acid groups is 1. The van der Waals surface area contributed by atoms with Crippen LogP contribution in [0.15, 0.2) is 42.9 Å². The Bertz CT molecular complexity index is 1670. The topological polar surface area (TPSA) is 260 Å². The summed E-state index contributed by atoms with van der Waals surface area (Å²) in [4.78, 5) is 106. The molecule has 3 rings (SSSR count). The molecule has 0 aliphatic carbocycles. The summed E-state index contributed by atoms with van der Waals surface area (Å²) in [6.45, 7) is 8.44. The predicted octanol–water partition coefficient (Wildman–Crippen LogP) is 2.15. The van der Waals surface area contributed by atoms with Crippen LogP contribution in [0, 0.1) is 17.8 Å². The van der Waals surface area contributed by atoms with Crippen LogP contribution in [0.1, 0.15) is 84.4 Å². The predicted molar refractivity (Wildman–Crippen MR) is 204 cm³/mol. The number of H-pyrrole nitrogens is 1. The molecule has 56 heavy (non-hydrogen) atoms. The summed E-state index contributed by atoms with van der Waals surface area (Å²) in [6, 6.07) is 7.11. The van der Waals surface area contributed by atoms with Gasteiger partial charge in [-0.15, -0.1) is 0 Å². The summed E-state index contributed by atoms with van der Waals surface area (Å²) in [5.74, 6) is -6.03. The van der Waals surface area contributed by atoms with E-state index in [2.05, 4.69) is 37.3 Å². The van der Waals surface area contributed by atoms with E-state index in [0.717, 1.165) is 19.3 Å². The molecule has 0 saturated carbocycles. The first-order valence-corrected chi connectivity index (χ1v) is 20.5. The van der Waals surface area contributed by atoms with Crippen molar-refractivity contribution in [3.8, 4) is 0 Å². The highest BCUT2D eigenvalue weighted by Gasteiger charge is 2.41. The van der Waals surface area contributed by atoms with Crippen molar-refractivity contribution in [2.45, 2.75) is 116 Å². The number of hydrogen-bond acceptors (Lipinski definition) is 10. The number of rotatable bonds is 24. The number of hydrogen-bond donors (Lipinski definition) is 6. The molecular formula is C38H57N6O11P. The monoisotopic (exact) mass is 804 g/mol. The maximum atomic E-state index is 14.0. The number of phosphoric ester groups is 1. The van der Waals surface area contributed by atoms with Crippen molar-refractivity contribution >= 4 is 43.0 Å². The van der Waals surface area contributed by atoms with Crippen LogP contribution in [0.2, 0.25) is 0 Å². The third-order valence-electron chi connectivity index (χ3n) is 9.78. The molecule has 310 valence electrons. The first-order chi connectivity index (χ1) is 26.3. The summed E-state index contributed by atoms with van der Waals surface area (Å²) in [6.07, 6.45) is 3.47. The number of primary amides is 1. The van der Waals surface area contributed by atoms with Gasteiger partial charge in [-0.05, 0) is 51.0 Å². The SMILES string of the molecule is CC(=O)N1C[C@@H](OCCCCc2ccccc2)C[C@H]1C(=O)N[C@@H](CC(C)C)C(=O)C[C@@H](Cc1cnc[nH]1)C(=O)N[C@@H](C)C(=O)C[C@H](C(N)=O)[C@@H](C)OP(=O)(O)O. The second-order valence-corrected chi connectivity index (χ2v) is 16.1. The summed E-state index contributed by atoms with van der Waals surface area (Å²) in [7, 11) is -5.00. The molecule has 1 fully saturated rings. The van der Waals surface area contributed by atoms with Gasteiger partial charge in [-0.3, -0.25) is 33.3 Å². The van der Waals surface area contributed by atoms with Gasteiger partial charge in [0.1, 0.15) is 6.04 Å². The Morgan fingerprint density at radius 1 is 1.02 bits per heavy atom. The lowest BCUT2D eigenvalue weighted by Crippen LogP contribution is -2.51. The Labute approximate surface area is 327 Å². The first kappa shape index (κ1) is 46.1. The van der Waals surface area contributed by atoms with Gasteiger partial charge in [-0.1, -0.05) is 44.2 Å². The quantitative estimate of drug-likeness (QED) is 0.0659. The lowest BCUT2D eigenvalue weighted by Gasteiger charge is -2.27. The Hall–Kier alpha value is -4.28. The van der Waals surface area contributed by atoms with Gasteiger partial charge in [0, 0.05) is 57.6 Å². The molecule has 1 aliphatic heterocycles. The van der Waals surface area contributed by atoms with E-state index in [0.29, 0.717) is 12.3 Å². The van der Waals surface area contributed by atoms with E-state index in [9.17, 15) is 33.3 Å². The van der Waals surface area contributed by atoms with E-state index in [1.165, 1.54) is 43.8 Å². The molecule has 1 saturated heterocycles. The van der Waals surface area contributed by atoms with E-state index in [1.54, 1.807) is 0 Å². The van der Waals surface area contributed by atoms with Gasteiger partial charge >= 0.3 is 7.82 Å². The molecule has 2 heterocycles. The Morgan fingerprint density at radius 3 is 2.30 bits per heavy atom. The number of unbranched alkanes of at least 4 members (excludes halogenated alkanes) is 1. The molecule has 4 amide bonds. The first-order valence-electron chi connectivity index (χ1n) is 18.9. The van der Waals surface area contributed by atoms with Crippen LogP contribution in [0.4, 0.5) is 0 Å². The molecule has 1 aromatic heterocycles. The Balaban J connectivity index is 1.67. The molecule has 17 nitrogen and oxygen atoms in total. The molecule has 1 aliphatic rings. The summed E-state index contributed by atoms with van der Waals surface area (Å²) >= 11 is 0. The molecule has 0 radical (unpaired) electrons. The zero-order chi connectivity index (χ0) is 41.6. The van der Waals surface area contributed by atoms with Crippen LogP contribution in [0.3, 0.4) is 0 Å². The second-order valence-electron chi connectivity index (χ2n) is 14.9. The van der Waals surface area contributed by atoms with E-state index in [-0.39, 0.29) is 50.2 Å². The lowest BCUT2D eigenvalue weighted by atomic mass is 9.89. The third kappa shape index (κ3) is 15.3. The standard InChI is InChI=1S/C38H57N6O11P/c1-23(2)15-32(43-38(50)33-18-30(21-44(33)26(5)45)54-14-10-9-13-27-11-7-6-8-12-27)35(47)17-28(16-29-20-40-22-41-29)37(49)42-24(3)34(46)19-31(36(39)48)25(4)55-56(51,52)53/h6-8,11-12,20,22-25,28,30-33H,9-10,13-19,21H2,1-5H3,(H2,39,48)(H,40,41)(H,42,49)(H,43,50)(H2,51,52,53)/t24-,25+,28+,30-,31-,32-,33-/m0/s1. The van der Waals surface area contributed by atoms with Crippen LogP contribution in [-0.2, 0) is 55.4 Å². The van der Waals surface area contributed by atoms with Gasteiger partial charge in [-0.2, -0.15) is 0 Å². The second kappa shape index (κ2) is 21.9. The number of aromatic nitrogens is 2. The van der Waals surface area contributed by atoms with E-state index in [1.807, 2.05) is 32.0 Å². The van der Waals surface area contributed by atoms with Crippen molar-refractivity contribution in [1.82, 2.24) is 25.5 Å². The number of aryl methyl sites for hydroxylation is 1. The maximum absolute atomic E-state index is 14.0. The number of ketones is 2. The fourth-order valence-electron chi connectivity index (χ4n) is 6.75. The Morgan fingerprint density at radius 2 is 1.71 bits per heavy atom. The minimum atomic E-state index is -5.00. The van der Waals surface area contributed by atoms with E-state index in [4.69, 9.17) is 20.3 Å². The summed E-state index contributed by atoms with van der Waals surface area (Å²) < 4.78 is 21.9. The van der Waals surface area contributed by atoms with Gasteiger partial charge in [0.2, 0.25) is 23.6 Å². The van der Waals surface area contributed by atoms with E-state index < -0.39 is 79.6 Å². The van der Waals surface area contributed by atoms with Crippen molar-refractivity contribution in [3.63, 3.8) is 0 Å². The van der Waals surface area contributed by atoms with Crippen molar-refractivity contribution in [3.05, 3.63) is 54.1 Å². The maximum Gasteiger partial charge on any atom is 0.469 e. The van der Waals surface area contributed by atoms with Crippen molar-refractivity contribution < 1.29 is 52.4 Å².